The van der Waals surface area contributed by atoms with Crippen LogP contribution in [-0.2, 0) is 0 Å². The van der Waals surface area contributed by atoms with Gasteiger partial charge in [-0.05, 0) is 26.0 Å². The Morgan fingerprint density at radius 1 is 1.44 bits per heavy atom. The standard InChI is InChI=1S/C18H16Cl2FN3O3/c1-3-23-18(25)10-7-26-15-9(10)6-24-17(22)16(15)27-8(2)13-11(19)4-5-12(21)14(13)20/h4-8H,3H2,1-2H3,(H2,22,24)(H,23,25). The van der Waals surface area contributed by atoms with Gasteiger partial charge >= 0.3 is 0 Å². The lowest BCUT2D eigenvalue weighted by Crippen LogP contribution is -2.22. The maximum absolute atomic E-state index is 13.8. The number of fused-ring (bicyclic) bond motifs is 1. The highest BCUT2D eigenvalue weighted by atomic mass is 35.5. The van der Waals surface area contributed by atoms with Crippen molar-refractivity contribution in [3.63, 3.8) is 0 Å². The van der Waals surface area contributed by atoms with Crippen LogP contribution in [0.4, 0.5) is 10.2 Å². The third kappa shape index (κ3) is 3.52. The Kier molecular flexibility index (Phi) is 5.43. The van der Waals surface area contributed by atoms with Crippen molar-refractivity contribution in [3.05, 3.63) is 51.6 Å². The van der Waals surface area contributed by atoms with Crippen LogP contribution in [-0.4, -0.2) is 17.4 Å². The summed E-state index contributed by atoms with van der Waals surface area (Å²) >= 11 is 12.2. The number of benzene rings is 1. The Bertz CT molecular complexity index is 1020. The van der Waals surface area contributed by atoms with Gasteiger partial charge in [0.2, 0.25) is 5.75 Å². The van der Waals surface area contributed by atoms with Gasteiger partial charge in [0.15, 0.2) is 11.4 Å². The van der Waals surface area contributed by atoms with E-state index in [1.54, 1.807) is 13.8 Å². The van der Waals surface area contributed by atoms with E-state index in [4.69, 9.17) is 38.1 Å². The molecule has 1 aromatic carbocycles. The zero-order valence-corrected chi connectivity index (χ0v) is 16.0. The number of nitrogens with one attached hydrogen (secondary N) is 1. The van der Waals surface area contributed by atoms with Gasteiger partial charge in [0.25, 0.3) is 5.91 Å². The van der Waals surface area contributed by atoms with Gasteiger partial charge in [-0.1, -0.05) is 23.2 Å². The van der Waals surface area contributed by atoms with E-state index in [0.717, 1.165) is 0 Å². The Labute approximate surface area is 164 Å². The Morgan fingerprint density at radius 3 is 2.89 bits per heavy atom. The van der Waals surface area contributed by atoms with Crippen molar-refractivity contribution in [1.82, 2.24) is 10.3 Å². The van der Waals surface area contributed by atoms with Crippen molar-refractivity contribution in [2.75, 3.05) is 12.3 Å². The van der Waals surface area contributed by atoms with Crippen LogP contribution in [0.3, 0.4) is 0 Å². The predicted molar refractivity (Wildman–Crippen MR) is 102 cm³/mol. The number of aromatic nitrogens is 1. The number of pyridine rings is 1. The maximum atomic E-state index is 13.8. The summed E-state index contributed by atoms with van der Waals surface area (Å²) in [6.45, 7) is 3.91. The van der Waals surface area contributed by atoms with Crippen molar-refractivity contribution in [3.8, 4) is 5.75 Å². The van der Waals surface area contributed by atoms with E-state index in [-0.39, 0.29) is 38.7 Å². The minimum atomic E-state index is -0.756. The van der Waals surface area contributed by atoms with Gasteiger partial charge in [-0.25, -0.2) is 9.37 Å². The number of nitrogen functional groups attached to an aromatic ring is 1. The molecule has 0 radical (unpaired) electrons. The second-order valence-electron chi connectivity index (χ2n) is 5.74. The number of rotatable bonds is 5. The number of hydrogen-bond acceptors (Lipinski definition) is 5. The molecule has 0 saturated heterocycles. The molecule has 2 aromatic heterocycles. The molecule has 2 heterocycles. The van der Waals surface area contributed by atoms with Gasteiger partial charge in [-0.2, -0.15) is 0 Å². The zero-order valence-electron chi connectivity index (χ0n) is 14.5. The lowest BCUT2D eigenvalue weighted by Gasteiger charge is -2.18. The molecular weight excluding hydrogens is 396 g/mol. The number of amides is 1. The highest BCUT2D eigenvalue weighted by Crippen LogP contribution is 2.39. The van der Waals surface area contributed by atoms with Crippen molar-refractivity contribution in [1.29, 1.82) is 0 Å². The molecule has 1 atom stereocenters. The fourth-order valence-corrected chi connectivity index (χ4v) is 3.35. The lowest BCUT2D eigenvalue weighted by atomic mass is 10.1. The number of furan rings is 1. The summed E-state index contributed by atoms with van der Waals surface area (Å²) in [5.74, 6) is -0.757. The molecule has 0 saturated carbocycles. The molecule has 6 nitrogen and oxygen atoms in total. The molecule has 3 rings (SSSR count). The number of nitrogens with zero attached hydrogens (tertiary/aromatic N) is 1. The molecule has 1 unspecified atom stereocenters. The van der Waals surface area contributed by atoms with Gasteiger partial charge < -0.3 is 20.2 Å². The Morgan fingerprint density at radius 2 is 2.19 bits per heavy atom. The summed E-state index contributed by atoms with van der Waals surface area (Å²) in [7, 11) is 0. The molecule has 9 heteroatoms. The largest absolute Gasteiger partial charge is 0.478 e. The number of hydrogen-bond donors (Lipinski definition) is 2. The quantitative estimate of drug-likeness (QED) is 0.591. The molecule has 0 aliphatic heterocycles. The van der Waals surface area contributed by atoms with E-state index in [1.807, 2.05) is 0 Å². The highest BCUT2D eigenvalue weighted by Gasteiger charge is 2.24. The number of halogens is 3. The molecule has 0 spiro atoms. The summed E-state index contributed by atoms with van der Waals surface area (Å²) in [4.78, 5) is 16.2. The molecule has 3 aromatic rings. The number of carbonyl (C=O) groups is 1. The fourth-order valence-electron chi connectivity index (χ4n) is 2.68. The van der Waals surface area contributed by atoms with Crippen LogP contribution in [0.1, 0.15) is 35.9 Å². The molecule has 0 fully saturated rings. The van der Waals surface area contributed by atoms with Gasteiger partial charge in [0.05, 0.1) is 16.0 Å². The first-order valence-corrected chi connectivity index (χ1v) is 8.84. The molecule has 0 aliphatic carbocycles. The molecular formula is C18H16Cl2FN3O3. The summed E-state index contributed by atoms with van der Waals surface area (Å²) in [5.41, 5.74) is 6.75. The summed E-state index contributed by atoms with van der Waals surface area (Å²) in [6.07, 6.45) is 1.97. The van der Waals surface area contributed by atoms with Crippen LogP contribution in [0.15, 0.2) is 29.0 Å². The molecule has 0 bridgehead atoms. The highest BCUT2D eigenvalue weighted by molar-refractivity contribution is 6.36. The van der Waals surface area contributed by atoms with Crippen molar-refractivity contribution >= 4 is 45.9 Å². The molecule has 1 amide bonds. The minimum absolute atomic E-state index is 0.0507. The Hall–Kier alpha value is -2.51. The summed E-state index contributed by atoms with van der Waals surface area (Å²) in [6, 6.07) is 2.56. The normalized spacial score (nSPS) is 12.2. The van der Waals surface area contributed by atoms with Crippen LogP contribution in [0, 0.1) is 5.82 Å². The number of carbonyl (C=O) groups excluding carboxylic acids is 1. The molecule has 27 heavy (non-hydrogen) atoms. The molecule has 0 aliphatic rings. The first-order valence-electron chi connectivity index (χ1n) is 8.09. The Balaban J connectivity index is 2.04. The monoisotopic (exact) mass is 411 g/mol. The number of anilines is 1. The third-order valence-electron chi connectivity index (χ3n) is 3.96. The smallest absolute Gasteiger partial charge is 0.255 e. The van der Waals surface area contributed by atoms with Crippen molar-refractivity contribution in [2.45, 2.75) is 20.0 Å². The SMILES string of the molecule is CCNC(=O)c1coc2c(OC(C)c3c(Cl)ccc(F)c3Cl)c(N)ncc12. The van der Waals surface area contributed by atoms with Gasteiger partial charge in [0, 0.05) is 23.3 Å². The van der Waals surface area contributed by atoms with E-state index in [0.29, 0.717) is 17.5 Å². The van der Waals surface area contributed by atoms with Crippen LogP contribution in [0.2, 0.25) is 10.0 Å². The second kappa shape index (κ2) is 7.62. The van der Waals surface area contributed by atoms with Crippen LogP contribution in [0.25, 0.3) is 11.0 Å². The van der Waals surface area contributed by atoms with Crippen molar-refractivity contribution < 1.29 is 18.3 Å². The molecule has 142 valence electrons. The van der Waals surface area contributed by atoms with Gasteiger partial charge in [-0.15, -0.1) is 0 Å². The van der Waals surface area contributed by atoms with E-state index < -0.39 is 11.9 Å². The lowest BCUT2D eigenvalue weighted by molar-refractivity contribution is 0.0956. The third-order valence-corrected chi connectivity index (χ3v) is 4.68. The van der Waals surface area contributed by atoms with E-state index in [9.17, 15) is 9.18 Å². The fraction of sp³-hybridized carbons (Fsp3) is 0.222. The van der Waals surface area contributed by atoms with Crippen LogP contribution >= 0.6 is 23.2 Å². The zero-order chi connectivity index (χ0) is 19.7. The van der Waals surface area contributed by atoms with Gasteiger partial charge in [0.1, 0.15) is 18.2 Å². The van der Waals surface area contributed by atoms with Crippen LogP contribution < -0.4 is 15.8 Å². The van der Waals surface area contributed by atoms with Crippen LogP contribution in [0.5, 0.6) is 5.75 Å². The first kappa shape index (κ1) is 19.3. The van der Waals surface area contributed by atoms with E-state index >= 15 is 0 Å². The van der Waals surface area contributed by atoms with Crippen molar-refractivity contribution in [2.24, 2.45) is 0 Å². The maximum Gasteiger partial charge on any atom is 0.255 e. The predicted octanol–water partition coefficient (Wildman–Crippen LogP) is 4.75. The molecule has 3 N–H and O–H groups in total. The first-order chi connectivity index (χ1) is 12.8. The average Bonchev–Trinajstić information content (AvgIpc) is 3.05. The van der Waals surface area contributed by atoms with E-state index in [1.165, 1.54) is 24.6 Å². The second-order valence-corrected chi connectivity index (χ2v) is 6.53. The average molecular weight is 412 g/mol. The van der Waals surface area contributed by atoms with Gasteiger partial charge in [-0.3, -0.25) is 4.79 Å². The minimum Gasteiger partial charge on any atom is -0.478 e. The number of ether oxygens (including phenoxy) is 1. The summed E-state index contributed by atoms with van der Waals surface area (Å²) < 4.78 is 25.2. The topological polar surface area (TPSA) is 90.4 Å². The number of nitrogens with two attached hydrogens (primary N) is 1. The summed E-state index contributed by atoms with van der Waals surface area (Å²) in [5, 5.41) is 3.23. The van der Waals surface area contributed by atoms with E-state index in [2.05, 4.69) is 10.3 Å².